The molecule has 0 N–H and O–H groups in total. The number of hydrogen-bond donors (Lipinski definition) is 0. The lowest BCUT2D eigenvalue weighted by Crippen LogP contribution is -2.25. The van der Waals surface area contributed by atoms with E-state index in [0.29, 0.717) is 17.0 Å². The molecule has 0 aromatic heterocycles. The fourth-order valence-corrected chi connectivity index (χ4v) is 4.61. The Bertz CT molecular complexity index is 736. The smallest absolute Gasteiger partial charge is 0.156 e. The van der Waals surface area contributed by atoms with Crippen molar-refractivity contribution in [2.75, 3.05) is 0 Å². The van der Waals surface area contributed by atoms with E-state index in [4.69, 9.17) is 23.2 Å². The van der Waals surface area contributed by atoms with Crippen LogP contribution in [-0.2, 0) is 22.4 Å². The number of allylic oxidation sites excluding steroid dienone is 2. The molecule has 0 amide bonds. The van der Waals surface area contributed by atoms with Crippen molar-refractivity contribution < 1.29 is 14.7 Å². The van der Waals surface area contributed by atoms with Crippen LogP contribution >= 0.6 is 23.2 Å². The Labute approximate surface area is 145 Å². The standard InChI is InChI=1S/C18H18Cl2O3/c1-2-4-18-5-3-12(21)8-13(18)15-11(9-18)6-10(7-14(22)23)16(19)17(15)20/h6,8H,2-5,7,9H2,1H3,(H,22,23)/p-1. The van der Waals surface area contributed by atoms with Crippen molar-refractivity contribution >= 4 is 40.5 Å². The Hall–Kier alpha value is -1.32. The third-order valence-corrected chi connectivity index (χ3v) is 5.86. The van der Waals surface area contributed by atoms with Crippen LogP contribution in [0.3, 0.4) is 0 Å². The molecular formula is C18H17Cl2O3-. The normalized spacial score (nSPS) is 22.6. The molecule has 0 radical (unpaired) electrons. The number of hydrogen-bond acceptors (Lipinski definition) is 3. The maximum atomic E-state index is 11.9. The predicted molar refractivity (Wildman–Crippen MR) is 88.4 cm³/mol. The largest absolute Gasteiger partial charge is 0.550 e. The molecule has 0 bridgehead atoms. The van der Waals surface area contributed by atoms with Crippen molar-refractivity contribution in [2.24, 2.45) is 5.41 Å². The highest BCUT2D eigenvalue weighted by atomic mass is 35.5. The molecule has 1 aromatic carbocycles. The quantitative estimate of drug-likeness (QED) is 0.835. The molecule has 122 valence electrons. The summed E-state index contributed by atoms with van der Waals surface area (Å²) in [5.74, 6) is -1.07. The number of halogens is 2. The topological polar surface area (TPSA) is 57.2 Å². The predicted octanol–water partition coefficient (Wildman–Crippen LogP) is 3.37. The molecule has 0 saturated carbocycles. The monoisotopic (exact) mass is 351 g/mol. The fraction of sp³-hybridized carbons (Fsp3) is 0.444. The molecule has 23 heavy (non-hydrogen) atoms. The van der Waals surface area contributed by atoms with Gasteiger partial charge in [-0.2, -0.15) is 0 Å². The first-order valence-electron chi connectivity index (χ1n) is 7.83. The Morgan fingerprint density at radius 1 is 1.35 bits per heavy atom. The summed E-state index contributed by atoms with van der Waals surface area (Å²) in [4.78, 5) is 22.9. The molecular weight excluding hydrogens is 335 g/mol. The molecule has 0 spiro atoms. The molecule has 3 rings (SSSR count). The van der Waals surface area contributed by atoms with Crippen LogP contribution in [0.15, 0.2) is 12.1 Å². The van der Waals surface area contributed by atoms with Crippen molar-refractivity contribution in [3.63, 3.8) is 0 Å². The van der Waals surface area contributed by atoms with Crippen LogP contribution in [0.4, 0.5) is 0 Å². The summed E-state index contributed by atoms with van der Waals surface area (Å²) in [6.45, 7) is 2.13. The zero-order chi connectivity index (χ0) is 16.8. The zero-order valence-corrected chi connectivity index (χ0v) is 14.4. The van der Waals surface area contributed by atoms with E-state index in [2.05, 4.69) is 6.92 Å². The van der Waals surface area contributed by atoms with E-state index in [1.807, 2.05) is 6.07 Å². The van der Waals surface area contributed by atoms with Crippen molar-refractivity contribution in [3.05, 3.63) is 38.9 Å². The number of carboxylic acid groups (broad SMARTS) is 1. The third-order valence-electron chi connectivity index (χ3n) is 4.95. The number of fused-ring (bicyclic) bond motifs is 3. The van der Waals surface area contributed by atoms with Gasteiger partial charge in [-0.1, -0.05) is 42.6 Å². The van der Waals surface area contributed by atoms with Gasteiger partial charge in [0.2, 0.25) is 0 Å². The number of rotatable bonds is 4. The van der Waals surface area contributed by atoms with Gasteiger partial charge in [-0.15, -0.1) is 0 Å². The van der Waals surface area contributed by atoms with Gasteiger partial charge in [0.15, 0.2) is 5.78 Å². The average molecular weight is 352 g/mol. The molecule has 0 heterocycles. The van der Waals surface area contributed by atoms with Crippen LogP contribution < -0.4 is 5.11 Å². The lowest BCUT2D eigenvalue weighted by Gasteiger charge is -2.33. The summed E-state index contributed by atoms with van der Waals surface area (Å²) in [6, 6.07) is 1.82. The minimum Gasteiger partial charge on any atom is -0.550 e. The van der Waals surface area contributed by atoms with Crippen molar-refractivity contribution in [2.45, 2.75) is 45.4 Å². The molecule has 5 heteroatoms. The minimum absolute atomic E-state index is 0.0714. The minimum atomic E-state index is -1.18. The fourth-order valence-electron chi connectivity index (χ4n) is 4.05. The van der Waals surface area contributed by atoms with Crippen LogP contribution in [0.25, 0.3) is 5.57 Å². The average Bonchev–Trinajstić information content (AvgIpc) is 2.78. The van der Waals surface area contributed by atoms with Gasteiger partial charge < -0.3 is 9.90 Å². The number of carbonyl (C=O) groups is 2. The molecule has 0 aliphatic heterocycles. The number of carboxylic acids is 1. The summed E-state index contributed by atoms with van der Waals surface area (Å²) >= 11 is 12.7. The number of aliphatic carboxylic acids is 1. The highest BCUT2D eigenvalue weighted by molar-refractivity contribution is 6.44. The molecule has 2 aliphatic rings. The molecule has 0 fully saturated rings. The zero-order valence-electron chi connectivity index (χ0n) is 12.9. The number of benzene rings is 1. The molecule has 1 atom stereocenters. The van der Waals surface area contributed by atoms with Gasteiger partial charge in [0.05, 0.1) is 10.0 Å². The van der Waals surface area contributed by atoms with Gasteiger partial charge in [-0.3, -0.25) is 4.79 Å². The molecule has 1 unspecified atom stereocenters. The maximum absolute atomic E-state index is 11.9. The van der Waals surface area contributed by atoms with Crippen molar-refractivity contribution in [1.82, 2.24) is 0 Å². The van der Waals surface area contributed by atoms with Crippen LogP contribution in [0.1, 0.15) is 49.3 Å². The van der Waals surface area contributed by atoms with Gasteiger partial charge >= 0.3 is 0 Å². The summed E-state index contributed by atoms with van der Waals surface area (Å²) in [5, 5.41) is 11.5. The lowest BCUT2D eigenvalue weighted by molar-refractivity contribution is -0.304. The van der Waals surface area contributed by atoms with E-state index in [9.17, 15) is 14.7 Å². The SMILES string of the molecule is CCCC12CCC(=O)C=C1c1c(cc(CC(=O)[O-])c(Cl)c1Cl)C2. The van der Waals surface area contributed by atoms with Crippen LogP contribution in [-0.4, -0.2) is 11.8 Å². The van der Waals surface area contributed by atoms with E-state index in [0.717, 1.165) is 42.4 Å². The van der Waals surface area contributed by atoms with E-state index in [-0.39, 0.29) is 22.6 Å². The molecule has 2 aliphatic carbocycles. The first-order valence-corrected chi connectivity index (χ1v) is 8.58. The Kier molecular flexibility index (Phi) is 4.28. The number of ketones is 1. The van der Waals surface area contributed by atoms with Crippen molar-refractivity contribution in [3.8, 4) is 0 Å². The number of carbonyl (C=O) groups excluding carboxylic acids is 2. The van der Waals surface area contributed by atoms with E-state index in [1.165, 1.54) is 0 Å². The Morgan fingerprint density at radius 2 is 2.09 bits per heavy atom. The second-order valence-corrected chi connectivity index (χ2v) is 7.23. The summed E-state index contributed by atoms with van der Waals surface area (Å²) in [6.07, 6.45) is 5.59. The summed E-state index contributed by atoms with van der Waals surface area (Å²) < 4.78 is 0. The second kappa shape index (κ2) is 5.95. The van der Waals surface area contributed by atoms with Gasteiger partial charge in [0, 0.05) is 29.8 Å². The molecule has 0 saturated heterocycles. The highest BCUT2D eigenvalue weighted by Crippen LogP contribution is 2.57. The van der Waals surface area contributed by atoms with Gasteiger partial charge in [0.1, 0.15) is 0 Å². The first kappa shape index (κ1) is 16.5. The molecule has 3 nitrogen and oxygen atoms in total. The van der Waals surface area contributed by atoms with Crippen LogP contribution in [0.5, 0.6) is 0 Å². The van der Waals surface area contributed by atoms with Crippen molar-refractivity contribution in [1.29, 1.82) is 0 Å². The molecule has 1 aromatic rings. The van der Waals surface area contributed by atoms with E-state index in [1.54, 1.807) is 6.08 Å². The Balaban J connectivity index is 2.17. The summed E-state index contributed by atoms with van der Waals surface area (Å²) in [7, 11) is 0. The highest BCUT2D eigenvalue weighted by Gasteiger charge is 2.45. The third kappa shape index (κ3) is 2.70. The first-order chi connectivity index (χ1) is 10.9. The van der Waals surface area contributed by atoms with E-state index >= 15 is 0 Å². The maximum Gasteiger partial charge on any atom is 0.156 e. The van der Waals surface area contributed by atoms with Gasteiger partial charge in [-0.05, 0) is 42.0 Å². The van der Waals surface area contributed by atoms with Gasteiger partial charge in [-0.25, -0.2) is 0 Å². The van der Waals surface area contributed by atoms with Crippen LogP contribution in [0, 0.1) is 5.41 Å². The van der Waals surface area contributed by atoms with Crippen LogP contribution in [0.2, 0.25) is 10.0 Å². The van der Waals surface area contributed by atoms with E-state index < -0.39 is 5.97 Å². The lowest BCUT2D eigenvalue weighted by atomic mass is 9.70. The summed E-state index contributed by atoms with van der Waals surface area (Å²) in [5.41, 5.74) is 3.22. The second-order valence-electron chi connectivity index (χ2n) is 6.48. The van der Waals surface area contributed by atoms with Gasteiger partial charge in [0.25, 0.3) is 0 Å². The Morgan fingerprint density at radius 3 is 2.74 bits per heavy atom.